The number of rotatable bonds is 5. The molecule has 1 amide bonds. The number of aryl methyl sites for hydroxylation is 2. The Bertz CT molecular complexity index is 1260. The molecule has 1 atom stereocenters. The third-order valence-electron chi connectivity index (χ3n) is 5.39. The fourth-order valence-corrected chi connectivity index (χ4v) is 3.91. The first kappa shape index (κ1) is 22.3. The molecule has 0 bridgehead atoms. The number of aliphatic hydroxyl groups excluding tert-OH is 1. The number of aliphatic hydroxyl groups is 1. The monoisotopic (exact) mass is 449 g/mol. The zero-order valence-corrected chi connectivity index (χ0v) is 18.8. The van der Waals surface area contributed by atoms with Crippen LogP contribution in [0.25, 0.3) is 5.76 Å². The quantitative estimate of drug-likeness (QED) is 0.318. The number of halogens is 1. The first-order chi connectivity index (χ1) is 15.7. The van der Waals surface area contributed by atoms with Gasteiger partial charge in [0.15, 0.2) is 0 Å². The van der Waals surface area contributed by atoms with Gasteiger partial charge in [0.25, 0.3) is 11.7 Å². The number of nitrogens with zero attached hydrogens (tertiary/aromatic N) is 1. The van der Waals surface area contributed by atoms with Crippen molar-refractivity contribution in [3.8, 4) is 5.75 Å². The zero-order valence-electron chi connectivity index (χ0n) is 18.8. The topological polar surface area (TPSA) is 80.0 Å². The third-order valence-corrected chi connectivity index (χ3v) is 5.39. The molecule has 1 unspecified atom stereocenters. The summed E-state index contributed by atoms with van der Waals surface area (Å²) in [5.41, 5.74) is 1.35. The molecule has 4 rings (SSSR count). The van der Waals surface area contributed by atoms with E-state index in [4.69, 9.17) is 9.15 Å². The molecule has 1 fully saturated rings. The fourth-order valence-electron chi connectivity index (χ4n) is 3.91. The van der Waals surface area contributed by atoms with E-state index in [0.717, 1.165) is 5.56 Å². The number of carbonyl (C=O) groups is 2. The van der Waals surface area contributed by atoms with Crippen LogP contribution in [0.15, 0.2) is 64.6 Å². The minimum Gasteiger partial charge on any atom is -0.507 e. The molecule has 1 N–H and O–H groups in total. The molecular formula is C26H24FNO5. The number of hydrogen-bond acceptors (Lipinski definition) is 5. The number of anilines is 1. The predicted molar refractivity (Wildman–Crippen MR) is 122 cm³/mol. The molecule has 1 aliphatic heterocycles. The maximum Gasteiger partial charge on any atom is 0.300 e. The van der Waals surface area contributed by atoms with Crippen molar-refractivity contribution in [1.82, 2.24) is 0 Å². The molecule has 0 saturated carbocycles. The van der Waals surface area contributed by atoms with Crippen molar-refractivity contribution in [1.29, 1.82) is 0 Å². The summed E-state index contributed by atoms with van der Waals surface area (Å²) in [7, 11) is 0. The van der Waals surface area contributed by atoms with Crippen molar-refractivity contribution in [2.24, 2.45) is 0 Å². The Balaban J connectivity index is 1.87. The molecule has 170 valence electrons. The second-order valence-electron chi connectivity index (χ2n) is 8.24. The maximum absolute atomic E-state index is 13.5. The number of Topliss-reactive ketones (excluding diaryl/α,β-unsaturated/α-hetero) is 1. The summed E-state index contributed by atoms with van der Waals surface area (Å²) < 4.78 is 25.0. The lowest BCUT2D eigenvalue weighted by Gasteiger charge is -2.23. The van der Waals surface area contributed by atoms with E-state index in [0.29, 0.717) is 28.5 Å². The van der Waals surface area contributed by atoms with Crippen LogP contribution in [0.3, 0.4) is 0 Å². The molecule has 1 saturated heterocycles. The number of hydrogen-bond donors (Lipinski definition) is 1. The largest absolute Gasteiger partial charge is 0.507 e. The third kappa shape index (κ3) is 4.14. The van der Waals surface area contributed by atoms with Crippen molar-refractivity contribution in [3.05, 3.63) is 88.6 Å². The van der Waals surface area contributed by atoms with Crippen LogP contribution in [-0.2, 0) is 9.59 Å². The fraction of sp³-hybridized carbons (Fsp3) is 0.231. The Hall–Kier alpha value is -3.87. The average molecular weight is 449 g/mol. The molecule has 0 spiro atoms. The number of furan rings is 1. The van der Waals surface area contributed by atoms with Gasteiger partial charge in [-0.15, -0.1) is 0 Å². The van der Waals surface area contributed by atoms with Crippen molar-refractivity contribution in [2.45, 2.75) is 39.8 Å². The van der Waals surface area contributed by atoms with Crippen LogP contribution >= 0.6 is 0 Å². The minimum atomic E-state index is -1.00. The Morgan fingerprint density at radius 2 is 1.76 bits per heavy atom. The molecule has 7 heteroatoms. The van der Waals surface area contributed by atoms with E-state index in [1.165, 1.54) is 29.2 Å². The standard InChI is InChI=1S/C26H24FNO5/c1-14(2)32-20-12-6-17(13-15(20)3)24(29)22-23(21-11-5-16(4)33-21)28(26(31)25(22)30)19-9-7-18(27)8-10-19/h5-14,23,29H,1-4H3/b24-22-. The number of amides is 1. The Kier molecular flexibility index (Phi) is 5.80. The molecule has 6 nitrogen and oxygen atoms in total. The van der Waals surface area contributed by atoms with Gasteiger partial charge in [-0.3, -0.25) is 14.5 Å². The van der Waals surface area contributed by atoms with Crippen LogP contribution in [0.4, 0.5) is 10.1 Å². The van der Waals surface area contributed by atoms with Crippen LogP contribution in [0.2, 0.25) is 0 Å². The molecule has 2 aromatic carbocycles. The van der Waals surface area contributed by atoms with Crippen molar-refractivity contribution >= 4 is 23.1 Å². The van der Waals surface area contributed by atoms with Crippen LogP contribution in [-0.4, -0.2) is 22.9 Å². The normalized spacial score (nSPS) is 17.8. The van der Waals surface area contributed by atoms with Crippen molar-refractivity contribution < 1.29 is 28.2 Å². The van der Waals surface area contributed by atoms with Crippen LogP contribution in [0.5, 0.6) is 5.75 Å². The van der Waals surface area contributed by atoms with Crippen molar-refractivity contribution in [3.63, 3.8) is 0 Å². The highest BCUT2D eigenvalue weighted by Crippen LogP contribution is 2.43. The van der Waals surface area contributed by atoms with Crippen LogP contribution < -0.4 is 9.64 Å². The summed E-state index contributed by atoms with van der Waals surface area (Å²) in [6, 6.07) is 12.6. The molecule has 1 aromatic heterocycles. The van der Waals surface area contributed by atoms with E-state index >= 15 is 0 Å². The van der Waals surface area contributed by atoms with Gasteiger partial charge in [0.05, 0.1) is 11.7 Å². The zero-order chi connectivity index (χ0) is 23.9. The van der Waals surface area contributed by atoms with Crippen LogP contribution in [0, 0.1) is 19.7 Å². The Morgan fingerprint density at radius 3 is 2.33 bits per heavy atom. The van der Waals surface area contributed by atoms with E-state index in [2.05, 4.69) is 0 Å². The Labute approximate surface area is 190 Å². The van der Waals surface area contributed by atoms with Gasteiger partial charge in [-0.25, -0.2) is 4.39 Å². The van der Waals surface area contributed by atoms with Gasteiger partial charge in [-0.1, -0.05) is 0 Å². The molecule has 33 heavy (non-hydrogen) atoms. The number of carbonyl (C=O) groups excluding carboxylic acids is 2. The van der Waals surface area contributed by atoms with E-state index in [1.807, 2.05) is 20.8 Å². The lowest BCUT2D eigenvalue weighted by Crippen LogP contribution is -2.29. The van der Waals surface area contributed by atoms with Gasteiger partial charge in [0.1, 0.15) is 34.9 Å². The number of benzene rings is 2. The predicted octanol–water partition coefficient (Wildman–Crippen LogP) is 5.45. The highest BCUT2D eigenvalue weighted by Gasteiger charge is 2.48. The average Bonchev–Trinajstić information content (AvgIpc) is 3.30. The summed E-state index contributed by atoms with van der Waals surface area (Å²) in [5, 5.41) is 11.2. The molecule has 1 aliphatic rings. The minimum absolute atomic E-state index is 0.0219. The van der Waals surface area contributed by atoms with Gasteiger partial charge in [0, 0.05) is 11.3 Å². The van der Waals surface area contributed by atoms with E-state index < -0.39 is 23.5 Å². The highest BCUT2D eigenvalue weighted by atomic mass is 19.1. The number of ether oxygens (including phenoxy) is 1. The number of ketones is 1. The first-order valence-corrected chi connectivity index (χ1v) is 10.6. The van der Waals surface area contributed by atoms with Gasteiger partial charge >= 0.3 is 0 Å². The van der Waals surface area contributed by atoms with Gasteiger partial charge in [-0.05, 0) is 87.9 Å². The lowest BCUT2D eigenvalue weighted by molar-refractivity contribution is -0.132. The maximum atomic E-state index is 13.5. The summed E-state index contributed by atoms with van der Waals surface area (Å²) >= 11 is 0. The first-order valence-electron chi connectivity index (χ1n) is 10.6. The molecule has 3 aromatic rings. The lowest BCUT2D eigenvalue weighted by atomic mass is 9.98. The molecule has 0 radical (unpaired) electrons. The summed E-state index contributed by atoms with van der Waals surface area (Å²) in [6.07, 6.45) is -0.0219. The van der Waals surface area contributed by atoms with E-state index in [9.17, 15) is 19.1 Å². The van der Waals surface area contributed by atoms with Gasteiger partial charge < -0.3 is 14.3 Å². The van der Waals surface area contributed by atoms with Crippen molar-refractivity contribution in [2.75, 3.05) is 4.90 Å². The Morgan fingerprint density at radius 1 is 1.06 bits per heavy atom. The summed E-state index contributed by atoms with van der Waals surface area (Å²) in [5.74, 6) is -0.924. The SMILES string of the molecule is Cc1ccc(C2/C(=C(/O)c3ccc(OC(C)C)c(C)c3)C(=O)C(=O)N2c2ccc(F)cc2)o1. The molecule has 2 heterocycles. The van der Waals surface area contributed by atoms with Gasteiger partial charge in [0.2, 0.25) is 0 Å². The second-order valence-corrected chi connectivity index (χ2v) is 8.24. The smallest absolute Gasteiger partial charge is 0.300 e. The van der Waals surface area contributed by atoms with Gasteiger partial charge in [-0.2, -0.15) is 0 Å². The molecular weight excluding hydrogens is 425 g/mol. The molecule has 0 aliphatic carbocycles. The second kappa shape index (κ2) is 8.58. The van der Waals surface area contributed by atoms with Crippen LogP contribution in [0.1, 0.15) is 42.5 Å². The van der Waals surface area contributed by atoms with E-state index in [1.54, 1.807) is 37.3 Å². The summed E-state index contributed by atoms with van der Waals surface area (Å²) in [4.78, 5) is 27.4. The van der Waals surface area contributed by atoms with E-state index in [-0.39, 0.29) is 17.4 Å². The highest BCUT2D eigenvalue weighted by molar-refractivity contribution is 6.51. The summed E-state index contributed by atoms with van der Waals surface area (Å²) in [6.45, 7) is 7.40.